The van der Waals surface area contributed by atoms with E-state index in [1.807, 2.05) is 60.7 Å². The van der Waals surface area contributed by atoms with Crippen LogP contribution in [0.15, 0.2) is 60.7 Å². The zero-order valence-corrected chi connectivity index (χ0v) is 25.5. The molecule has 7 heteroatoms. The van der Waals surface area contributed by atoms with Gasteiger partial charge in [0, 0.05) is 0 Å². The number of halogens is 2. The molecule has 0 aromatic heterocycles. The fourth-order valence-electron chi connectivity index (χ4n) is 4.33. The van der Waals surface area contributed by atoms with Gasteiger partial charge in [-0.25, -0.2) is 0 Å². The van der Waals surface area contributed by atoms with E-state index in [1.165, 1.54) is 0 Å². The van der Waals surface area contributed by atoms with Gasteiger partial charge in [-0.3, -0.25) is 0 Å². The van der Waals surface area contributed by atoms with Crippen molar-refractivity contribution in [2.75, 3.05) is 0 Å². The monoisotopic (exact) mass is 618 g/mol. The Labute approximate surface area is 214 Å². The molecular formula is C27H41F2O2PSSn. The summed E-state index contributed by atoms with van der Waals surface area (Å²) < 4.78 is 45.0. The van der Waals surface area contributed by atoms with Crippen molar-refractivity contribution in [2.24, 2.45) is 0 Å². The van der Waals surface area contributed by atoms with Crippen LogP contribution in [0, 0.1) is 0 Å². The van der Waals surface area contributed by atoms with Crippen molar-refractivity contribution in [3.8, 4) is 0 Å². The van der Waals surface area contributed by atoms with Crippen LogP contribution in [0.5, 0.6) is 0 Å². The molecule has 0 aliphatic heterocycles. The van der Waals surface area contributed by atoms with E-state index in [0.717, 1.165) is 49.7 Å². The minimum atomic E-state index is -4.12. The minimum absolute atomic E-state index is 0.0553. The van der Waals surface area contributed by atoms with Gasteiger partial charge < -0.3 is 0 Å². The Hall–Kier alpha value is -0.331. The van der Waals surface area contributed by atoms with Crippen molar-refractivity contribution in [3.05, 3.63) is 71.8 Å². The van der Waals surface area contributed by atoms with E-state index >= 15 is 8.78 Å². The Balaban J connectivity index is 2.45. The Morgan fingerprint density at radius 2 is 1.06 bits per heavy atom. The number of hydrogen-bond acceptors (Lipinski definition) is 3. The predicted molar refractivity (Wildman–Crippen MR) is 147 cm³/mol. The van der Waals surface area contributed by atoms with Gasteiger partial charge in [-0.15, -0.1) is 0 Å². The Kier molecular flexibility index (Phi) is 13.2. The third-order valence-electron chi connectivity index (χ3n) is 6.50. The van der Waals surface area contributed by atoms with E-state index in [2.05, 4.69) is 20.8 Å². The van der Waals surface area contributed by atoms with Gasteiger partial charge in [-0.05, 0) is 0 Å². The molecule has 2 rings (SSSR count). The van der Waals surface area contributed by atoms with Crippen LogP contribution >= 0.6 is 6.49 Å². The number of hydrogen-bond donors (Lipinski definition) is 0. The van der Waals surface area contributed by atoms with Gasteiger partial charge in [-0.2, -0.15) is 0 Å². The van der Waals surface area contributed by atoms with Crippen LogP contribution in [0.25, 0.3) is 0 Å². The molecule has 0 unspecified atom stereocenters. The molecule has 0 aliphatic rings. The van der Waals surface area contributed by atoms with Crippen molar-refractivity contribution in [3.63, 3.8) is 0 Å². The van der Waals surface area contributed by atoms with Crippen LogP contribution in [0.4, 0.5) is 8.78 Å². The van der Waals surface area contributed by atoms with E-state index in [4.69, 9.17) is 20.9 Å². The van der Waals surface area contributed by atoms with Crippen molar-refractivity contribution < 1.29 is 17.8 Å². The first-order valence-electron chi connectivity index (χ1n) is 12.7. The fourth-order valence-corrected chi connectivity index (χ4v) is 32.0. The molecule has 0 saturated heterocycles. The molecule has 0 heterocycles. The Morgan fingerprint density at radius 1 is 0.706 bits per heavy atom. The molecule has 0 atom stereocenters. The summed E-state index contributed by atoms with van der Waals surface area (Å²) in [4.78, 5) is 0. The van der Waals surface area contributed by atoms with Gasteiger partial charge in [0.2, 0.25) is 0 Å². The summed E-state index contributed by atoms with van der Waals surface area (Å²) in [6.07, 6.45) is 5.28. The standard InChI is InChI=1S/C15H14F2O2PS.3C4H9.Sn/c16-15(17)20(21,18-11-13-7-3-1-4-8-13)19-12-14-9-5-2-6-10-14;3*1-3-4-2;/h1-10H,11-12H2;3*1,3-4H2,2H3;. The third kappa shape index (κ3) is 8.09. The molecule has 0 N–H and O–H groups in total. The van der Waals surface area contributed by atoms with Gasteiger partial charge in [0.25, 0.3) is 0 Å². The molecule has 2 aromatic rings. The summed E-state index contributed by atoms with van der Waals surface area (Å²) in [5.41, 5.74) is 1.68. The van der Waals surface area contributed by atoms with Crippen molar-refractivity contribution in [1.29, 1.82) is 0 Å². The second kappa shape index (κ2) is 15.0. The summed E-state index contributed by atoms with van der Waals surface area (Å²) >= 11 is 1.68. The molecule has 2 nitrogen and oxygen atoms in total. The second-order valence-corrected chi connectivity index (χ2v) is 27.2. The Morgan fingerprint density at radius 3 is 1.38 bits per heavy atom. The molecule has 2 aromatic carbocycles. The summed E-state index contributed by atoms with van der Waals surface area (Å²) in [5, 5.41) is 0. The molecule has 0 aliphatic carbocycles. The topological polar surface area (TPSA) is 18.5 Å². The first-order chi connectivity index (χ1) is 16.3. The predicted octanol–water partition coefficient (Wildman–Crippen LogP) is 9.71. The maximum atomic E-state index is 17.0. The van der Waals surface area contributed by atoms with Gasteiger partial charge in [0.15, 0.2) is 0 Å². The van der Waals surface area contributed by atoms with E-state index in [1.54, 1.807) is 0 Å². The van der Waals surface area contributed by atoms with Gasteiger partial charge in [0.05, 0.1) is 0 Å². The van der Waals surface area contributed by atoms with Gasteiger partial charge in [-0.1, -0.05) is 0 Å². The van der Waals surface area contributed by atoms with Crippen LogP contribution in [0.2, 0.25) is 13.3 Å². The van der Waals surface area contributed by atoms with E-state index in [-0.39, 0.29) is 13.2 Å². The Bertz CT molecular complexity index is 798. The summed E-state index contributed by atoms with van der Waals surface area (Å²) in [7, 11) is 0. The number of unbranched alkanes of at least 4 members (excludes halogenated alkanes) is 3. The molecule has 0 amide bonds. The van der Waals surface area contributed by atoms with Crippen LogP contribution in [0.1, 0.15) is 70.4 Å². The van der Waals surface area contributed by atoms with E-state index < -0.39 is 28.5 Å². The average molecular weight is 617 g/mol. The molecule has 0 saturated carbocycles. The number of rotatable bonds is 17. The zero-order chi connectivity index (χ0) is 24.9. The fraction of sp³-hybridized carbons (Fsp3) is 0.556. The SMILES string of the molecule is CCC[CH2][Sn]([CH2]CCC)([CH2]CCC)[C](F)(F)P(=S)(OCc1ccccc1)OCc1ccccc1. The zero-order valence-electron chi connectivity index (χ0n) is 21.0. The number of alkyl halides is 2. The summed E-state index contributed by atoms with van der Waals surface area (Å²) in [6.45, 7) is 2.47. The quantitative estimate of drug-likeness (QED) is 0.130. The first kappa shape index (κ1) is 29.9. The van der Waals surface area contributed by atoms with Crippen molar-refractivity contribution >= 4 is 36.7 Å². The molecule has 0 fully saturated rings. The summed E-state index contributed by atoms with van der Waals surface area (Å²) in [5.74, 6) is 0. The molecule has 190 valence electrons. The van der Waals surface area contributed by atoms with Crippen molar-refractivity contribution in [1.82, 2.24) is 0 Å². The van der Waals surface area contributed by atoms with Crippen molar-refractivity contribution in [2.45, 2.75) is 89.5 Å². The maximum absolute atomic E-state index is 17.0. The molecule has 0 bridgehead atoms. The van der Waals surface area contributed by atoms with Crippen LogP contribution < -0.4 is 0 Å². The summed E-state index contributed by atoms with van der Waals surface area (Å²) in [6, 6.07) is 18.9. The van der Waals surface area contributed by atoms with E-state index in [9.17, 15) is 0 Å². The average Bonchev–Trinajstić information content (AvgIpc) is 2.87. The van der Waals surface area contributed by atoms with Gasteiger partial charge >= 0.3 is 216 Å². The number of benzene rings is 2. The molecule has 34 heavy (non-hydrogen) atoms. The normalized spacial score (nSPS) is 12.7. The second-order valence-electron chi connectivity index (χ2n) is 9.15. The first-order valence-corrected chi connectivity index (χ1v) is 22.8. The van der Waals surface area contributed by atoms with Gasteiger partial charge in [0.1, 0.15) is 0 Å². The third-order valence-corrected chi connectivity index (χ3v) is 31.4. The molecular weight excluding hydrogens is 576 g/mol. The van der Waals surface area contributed by atoms with Crippen LogP contribution in [0.3, 0.4) is 0 Å². The molecule has 0 radical (unpaired) electrons. The van der Waals surface area contributed by atoms with Crippen LogP contribution in [-0.2, 0) is 34.1 Å². The van der Waals surface area contributed by atoms with E-state index in [0.29, 0.717) is 13.3 Å². The van der Waals surface area contributed by atoms with Crippen LogP contribution in [-0.4, -0.2) is 22.1 Å². The molecule has 0 spiro atoms.